The molecule has 0 aliphatic heterocycles. The summed E-state index contributed by atoms with van der Waals surface area (Å²) < 4.78 is 38.2. The van der Waals surface area contributed by atoms with E-state index in [1.54, 1.807) is 0 Å². The lowest BCUT2D eigenvalue weighted by Crippen LogP contribution is -2.24. The first-order valence-electron chi connectivity index (χ1n) is 6.72. The van der Waals surface area contributed by atoms with Crippen molar-refractivity contribution in [2.75, 3.05) is 18.4 Å². The summed E-state index contributed by atoms with van der Waals surface area (Å²) in [6, 6.07) is 3.68. The zero-order chi connectivity index (χ0) is 14.8. The van der Waals surface area contributed by atoms with E-state index in [0.717, 1.165) is 31.5 Å². The number of benzene rings is 1. The molecule has 0 radical (unpaired) electrons. The minimum absolute atomic E-state index is 0.439. The lowest BCUT2D eigenvalue weighted by molar-refractivity contribution is -0.137. The molecule has 2 unspecified atom stereocenters. The van der Waals surface area contributed by atoms with Crippen LogP contribution in [-0.2, 0) is 6.18 Å². The van der Waals surface area contributed by atoms with Crippen molar-refractivity contribution in [3.8, 4) is 0 Å². The molecule has 3 N–H and O–H groups in total. The van der Waals surface area contributed by atoms with Gasteiger partial charge < -0.3 is 11.1 Å². The van der Waals surface area contributed by atoms with Crippen LogP contribution < -0.4 is 11.1 Å². The van der Waals surface area contributed by atoms with Gasteiger partial charge >= 0.3 is 6.18 Å². The Kier molecular flexibility index (Phi) is 4.96. The Hall–Kier alpha value is -0.750. The zero-order valence-electron chi connectivity index (χ0n) is 11.0. The van der Waals surface area contributed by atoms with E-state index in [-0.39, 0.29) is 0 Å². The fourth-order valence-electron chi connectivity index (χ4n) is 2.77. The Bertz CT molecular complexity index is 462. The third-order valence-corrected chi connectivity index (χ3v) is 4.63. The molecule has 0 amide bonds. The van der Waals surface area contributed by atoms with Crippen LogP contribution in [0.4, 0.5) is 18.9 Å². The molecule has 0 bridgehead atoms. The van der Waals surface area contributed by atoms with Gasteiger partial charge in [-0.25, -0.2) is 0 Å². The number of rotatable bonds is 4. The molecular weight excluding hydrogens is 333 g/mol. The van der Waals surface area contributed by atoms with E-state index < -0.39 is 11.7 Å². The Labute approximate surface area is 125 Å². The predicted molar refractivity (Wildman–Crippen MR) is 77.5 cm³/mol. The van der Waals surface area contributed by atoms with Crippen molar-refractivity contribution in [3.63, 3.8) is 0 Å². The number of anilines is 1. The number of hydrogen-bond donors (Lipinski definition) is 2. The predicted octanol–water partition coefficient (Wildman–Crippen LogP) is 4.25. The highest BCUT2D eigenvalue weighted by Gasteiger charge is 2.31. The van der Waals surface area contributed by atoms with Gasteiger partial charge in [0.15, 0.2) is 0 Å². The first-order valence-corrected chi connectivity index (χ1v) is 7.52. The molecule has 1 saturated carbocycles. The number of nitrogens with two attached hydrogens (primary N) is 1. The van der Waals surface area contributed by atoms with Gasteiger partial charge in [-0.05, 0) is 65.4 Å². The molecule has 2 nitrogen and oxygen atoms in total. The molecule has 0 aromatic heterocycles. The largest absolute Gasteiger partial charge is 0.416 e. The summed E-state index contributed by atoms with van der Waals surface area (Å²) in [6.07, 6.45) is -0.844. The van der Waals surface area contributed by atoms with Gasteiger partial charge in [0, 0.05) is 16.7 Å². The van der Waals surface area contributed by atoms with Gasteiger partial charge in [-0.1, -0.05) is 6.42 Å². The maximum absolute atomic E-state index is 12.6. The Morgan fingerprint density at radius 1 is 1.25 bits per heavy atom. The van der Waals surface area contributed by atoms with Crippen molar-refractivity contribution in [2.45, 2.75) is 25.4 Å². The summed E-state index contributed by atoms with van der Waals surface area (Å²) in [5, 5.41) is 3.23. The third-order valence-electron chi connectivity index (χ3n) is 3.97. The first kappa shape index (κ1) is 15.6. The highest BCUT2D eigenvalue weighted by atomic mass is 79.9. The molecule has 1 aliphatic rings. The SMILES string of the molecule is NCC1CCCC1CNc1ccc(C(F)(F)F)cc1Br. The summed E-state index contributed by atoms with van der Waals surface area (Å²) in [5.74, 6) is 1.03. The number of hydrogen-bond acceptors (Lipinski definition) is 2. The van der Waals surface area contributed by atoms with Gasteiger partial charge in [0.25, 0.3) is 0 Å². The first-order chi connectivity index (χ1) is 9.41. The van der Waals surface area contributed by atoms with Gasteiger partial charge in [-0.3, -0.25) is 0 Å². The molecule has 1 fully saturated rings. The van der Waals surface area contributed by atoms with Crippen LogP contribution in [0.15, 0.2) is 22.7 Å². The van der Waals surface area contributed by atoms with Gasteiger partial charge in [0.2, 0.25) is 0 Å². The normalized spacial score (nSPS) is 23.1. The molecule has 6 heteroatoms. The van der Waals surface area contributed by atoms with Crippen LogP contribution in [0.3, 0.4) is 0 Å². The number of nitrogens with one attached hydrogen (secondary N) is 1. The topological polar surface area (TPSA) is 38.0 Å². The summed E-state index contributed by atoms with van der Waals surface area (Å²) in [4.78, 5) is 0. The van der Waals surface area contributed by atoms with E-state index in [9.17, 15) is 13.2 Å². The van der Waals surface area contributed by atoms with Crippen LogP contribution in [0.5, 0.6) is 0 Å². The van der Waals surface area contributed by atoms with Crippen molar-refractivity contribution < 1.29 is 13.2 Å². The van der Waals surface area contributed by atoms with Crippen LogP contribution in [0.25, 0.3) is 0 Å². The Balaban J connectivity index is 2.00. The third kappa shape index (κ3) is 3.67. The molecule has 0 heterocycles. The molecule has 1 aliphatic carbocycles. The van der Waals surface area contributed by atoms with Crippen molar-refractivity contribution in [3.05, 3.63) is 28.2 Å². The van der Waals surface area contributed by atoms with Gasteiger partial charge in [-0.2, -0.15) is 13.2 Å². The molecule has 2 rings (SSSR count). The molecule has 112 valence electrons. The summed E-state index contributed by atoms with van der Waals surface area (Å²) in [7, 11) is 0. The Morgan fingerprint density at radius 2 is 1.95 bits per heavy atom. The van der Waals surface area contributed by atoms with Crippen molar-refractivity contribution in [1.29, 1.82) is 0 Å². The average molecular weight is 351 g/mol. The van der Waals surface area contributed by atoms with E-state index in [1.165, 1.54) is 12.5 Å². The van der Waals surface area contributed by atoms with Crippen LogP contribution in [0.2, 0.25) is 0 Å². The second-order valence-electron chi connectivity index (χ2n) is 5.26. The van der Waals surface area contributed by atoms with E-state index in [0.29, 0.717) is 28.5 Å². The van der Waals surface area contributed by atoms with E-state index in [4.69, 9.17) is 5.73 Å². The minimum Gasteiger partial charge on any atom is -0.384 e. The molecule has 1 aromatic rings. The number of halogens is 4. The monoisotopic (exact) mass is 350 g/mol. The van der Waals surface area contributed by atoms with Crippen LogP contribution in [0.1, 0.15) is 24.8 Å². The lowest BCUT2D eigenvalue weighted by atomic mass is 9.96. The van der Waals surface area contributed by atoms with Crippen LogP contribution in [-0.4, -0.2) is 13.1 Å². The van der Waals surface area contributed by atoms with E-state index >= 15 is 0 Å². The van der Waals surface area contributed by atoms with E-state index in [2.05, 4.69) is 21.2 Å². The molecule has 0 saturated heterocycles. The summed E-state index contributed by atoms with van der Waals surface area (Å²) in [6.45, 7) is 1.44. The molecule has 2 atom stereocenters. The van der Waals surface area contributed by atoms with Gasteiger partial charge in [0.1, 0.15) is 0 Å². The van der Waals surface area contributed by atoms with Gasteiger partial charge in [0.05, 0.1) is 5.56 Å². The van der Waals surface area contributed by atoms with Crippen LogP contribution in [0, 0.1) is 11.8 Å². The lowest BCUT2D eigenvalue weighted by Gasteiger charge is -2.20. The van der Waals surface area contributed by atoms with Gasteiger partial charge in [-0.15, -0.1) is 0 Å². The van der Waals surface area contributed by atoms with Crippen molar-refractivity contribution >= 4 is 21.6 Å². The molecule has 1 aromatic carbocycles. The molecular formula is C14H18BrF3N2. The highest BCUT2D eigenvalue weighted by molar-refractivity contribution is 9.10. The van der Waals surface area contributed by atoms with Crippen molar-refractivity contribution in [2.24, 2.45) is 17.6 Å². The smallest absolute Gasteiger partial charge is 0.384 e. The van der Waals surface area contributed by atoms with Crippen LogP contribution >= 0.6 is 15.9 Å². The number of alkyl halides is 3. The second kappa shape index (κ2) is 6.35. The molecule has 20 heavy (non-hydrogen) atoms. The fourth-order valence-corrected chi connectivity index (χ4v) is 3.29. The van der Waals surface area contributed by atoms with Crippen molar-refractivity contribution in [1.82, 2.24) is 0 Å². The zero-order valence-corrected chi connectivity index (χ0v) is 12.6. The average Bonchev–Trinajstić information content (AvgIpc) is 2.83. The maximum Gasteiger partial charge on any atom is 0.416 e. The second-order valence-corrected chi connectivity index (χ2v) is 6.11. The Morgan fingerprint density at radius 3 is 2.55 bits per heavy atom. The standard InChI is InChI=1S/C14H18BrF3N2/c15-12-6-11(14(16,17)18)4-5-13(12)20-8-10-3-1-2-9(10)7-19/h4-6,9-10,20H,1-3,7-8,19H2. The molecule has 0 spiro atoms. The minimum atomic E-state index is -4.31. The highest BCUT2D eigenvalue weighted by Crippen LogP contribution is 2.35. The fraction of sp³-hybridized carbons (Fsp3) is 0.571. The van der Waals surface area contributed by atoms with E-state index in [1.807, 2.05) is 0 Å². The quantitative estimate of drug-likeness (QED) is 0.851. The summed E-state index contributed by atoms with van der Waals surface area (Å²) >= 11 is 3.19. The maximum atomic E-state index is 12.6. The summed E-state index contributed by atoms with van der Waals surface area (Å²) in [5.41, 5.74) is 5.78.